The average molecular weight is 245 g/mol. The van der Waals surface area contributed by atoms with Gasteiger partial charge in [0.05, 0.1) is 23.9 Å². The van der Waals surface area contributed by atoms with Gasteiger partial charge in [0, 0.05) is 5.16 Å². The highest BCUT2D eigenvalue weighted by molar-refractivity contribution is 7.58. The zero-order valence-corrected chi connectivity index (χ0v) is 9.63. The topological polar surface area (TPSA) is 74.6 Å². The lowest BCUT2D eigenvalue weighted by atomic mass is 10.3. The first-order chi connectivity index (χ1) is 8.25. The van der Waals surface area contributed by atoms with Crippen molar-refractivity contribution in [3.63, 3.8) is 0 Å². The molecule has 0 saturated carbocycles. The van der Waals surface area contributed by atoms with Gasteiger partial charge in [-0.1, -0.05) is 12.1 Å². The summed E-state index contributed by atoms with van der Waals surface area (Å²) in [6.07, 6.45) is 1.75. The number of aromatic nitrogens is 5. The summed E-state index contributed by atoms with van der Waals surface area (Å²) < 4.78 is 3.27. The van der Waals surface area contributed by atoms with Crippen molar-refractivity contribution in [3.05, 3.63) is 36.4 Å². The Morgan fingerprint density at radius 1 is 1.24 bits per heavy atom. The summed E-state index contributed by atoms with van der Waals surface area (Å²) in [5.74, 6) is 6.33. The van der Waals surface area contributed by atoms with Crippen molar-refractivity contribution < 1.29 is 0 Å². The standard InChI is InChI=1S/C10H10N6S/c11-16-9(13-14-10(16)17)5-15-6-12-7-3-1-2-4-8(7)15/h1-4,6H,5,11H2,(H,14,17)/p-1. The second-order valence-electron chi connectivity index (χ2n) is 3.63. The van der Waals surface area contributed by atoms with Gasteiger partial charge >= 0.3 is 0 Å². The zero-order valence-electron chi connectivity index (χ0n) is 8.82. The molecule has 2 heterocycles. The van der Waals surface area contributed by atoms with Crippen molar-refractivity contribution in [2.75, 3.05) is 5.84 Å². The molecule has 0 radical (unpaired) electrons. The molecule has 0 amide bonds. The van der Waals surface area contributed by atoms with Gasteiger partial charge in [0.1, 0.15) is 0 Å². The third kappa shape index (κ3) is 1.60. The van der Waals surface area contributed by atoms with E-state index in [1.165, 1.54) is 4.68 Å². The molecule has 0 spiro atoms. The maximum absolute atomic E-state index is 5.72. The number of nitrogen functional groups attached to an aromatic ring is 1. The van der Waals surface area contributed by atoms with Gasteiger partial charge in [-0.05, 0) is 12.1 Å². The first-order valence-electron chi connectivity index (χ1n) is 5.02. The summed E-state index contributed by atoms with van der Waals surface area (Å²) in [5, 5.41) is 7.96. The van der Waals surface area contributed by atoms with E-state index in [0.717, 1.165) is 11.0 Å². The van der Waals surface area contributed by atoms with Crippen molar-refractivity contribution in [2.45, 2.75) is 11.7 Å². The van der Waals surface area contributed by atoms with Gasteiger partial charge in [-0.15, -0.1) is 5.10 Å². The Morgan fingerprint density at radius 3 is 2.82 bits per heavy atom. The van der Waals surface area contributed by atoms with Crippen molar-refractivity contribution in [1.82, 2.24) is 24.4 Å². The van der Waals surface area contributed by atoms with Crippen LogP contribution in [-0.2, 0) is 19.2 Å². The summed E-state index contributed by atoms with van der Waals surface area (Å²) in [7, 11) is 0. The number of nitrogens with two attached hydrogens (primary N) is 1. The van der Waals surface area contributed by atoms with Crippen molar-refractivity contribution in [2.24, 2.45) is 0 Å². The Morgan fingerprint density at radius 2 is 2.06 bits per heavy atom. The molecule has 0 saturated heterocycles. The molecule has 0 aliphatic rings. The number of hydrogen-bond acceptors (Lipinski definition) is 5. The van der Waals surface area contributed by atoms with Crippen LogP contribution in [0, 0.1) is 0 Å². The SMILES string of the molecule is Nn1c([S-])nnc1Cn1cnc2ccccc21. The lowest BCUT2D eigenvalue weighted by Gasteiger charge is -2.07. The molecule has 2 N–H and O–H groups in total. The average Bonchev–Trinajstić information content (AvgIpc) is 2.89. The zero-order chi connectivity index (χ0) is 11.8. The molecule has 0 aliphatic heterocycles. The third-order valence-corrected chi connectivity index (χ3v) is 2.85. The normalized spacial score (nSPS) is 11.1. The number of rotatable bonds is 2. The molecule has 3 rings (SSSR count). The summed E-state index contributed by atoms with van der Waals surface area (Å²) in [5.41, 5.74) is 1.97. The van der Waals surface area contributed by atoms with Crippen LogP contribution in [0.25, 0.3) is 11.0 Å². The Balaban J connectivity index is 2.03. The van der Waals surface area contributed by atoms with E-state index in [1.807, 2.05) is 28.8 Å². The Kier molecular flexibility index (Phi) is 2.19. The number of benzene rings is 1. The summed E-state index contributed by atoms with van der Waals surface area (Å²) in [6.45, 7) is 0.501. The molecular formula is C10H9N6S-. The molecule has 0 aliphatic carbocycles. The lowest BCUT2D eigenvalue weighted by molar-refractivity contribution is 0.714. The lowest BCUT2D eigenvalue weighted by Crippen LogP contribution is -2.16. The monoisotopic (exact) mass is 245 g/mol. The van der Waals surface area contributed by atoms with Crippen LogP contribution in [0.5, 0.6) is 0 Å². The fraction of sp³-hybridized carbons (Fsp3) is 0.100. The van der Waals surface area contributed by atoms with Gasteiger partial charge in [0.2, 0.25) is 0 Å². The quantitative estimate of drug-likeness (QED) is 0.519. The van der Waals surface area contributed by atoms with E-state index in [1.54, 1.807) is 6.33 Å². The molecule has 0 unspecified atom stereocenters. The summed E-state index contributed by atoms with van der Waals surface area (Å²) in [6, 6.07) is 7.87. The molecule has 3 aromatic rings. The molecular weight excluding hydrogens is 236 g/mol. The van der Waals surface area contributed by atoms with E-state index in [4.69, 9.17) is 18.5 Å². The minimum absolute atomic E-state index is 0.282. The maximum atomic E-state index is 5.72. The first kappa shape index (κ1) is 10.0. The summed E-state index contributed by atoms with van der Waals surface area (Å²) >= 11 is 4.91. The molecule has 86 valence electrons. The van der Waals surface area contributed by atoms with E-state index in [0.29, 0.717) is 12.4 Å². The number of nitrogens with zero attached hydrogens (tertiary/aromatic N) is 5. The molecule has 0 atom stereocenters. The molecule has 0 fully saturated rings. The summed E-state index contributed by atoms with van der Waals surface area (Å²) in [4.78, 5) is 4.29. The number of imidazole rings is 1. The minimum Gasteiger partial charge on any atom is -0.738 e. The van der Waals surface area contributed by atoms with Crippen LogP contribution < -0.4 is 5.84 Å². The fourth-order valence-corrected chi connectivity index (χ4v) is 1.85. The van der Waals surface area contributed by atoms with E-state index >= 15 is 0 Å². The second kappa shape index (κ2) is 3.70. The van der Waals surface area contributed by atoms with Crippen LogP contribution >= 0.6 is 0 Å². The second-order valence-corrected chi connectivity index (χ2v) is 4.00. The Bertz CT molecular complexity index is 670. The molecule has 1 aromatic carbocycles. The number of fused-ring (bicyclic) bond motifs is 1. The fourth-order valence-electron chi connectivity index (χ4n) is 1.70. The van der Waals surface area contributed by atoms with Gasteiger partial charge in [-0.25, -0.2) is 4.98 Å². The van der Waals surface area contributed by atoms with Gasteiger partial charge in [0.15, 0.2) is 5.82 Å². The molecule has 2 aromatic heterocycles. The van der Waals surface area contributed by atoms with Crippen molar-refractivity contribution >= 4 is 23.7 Å². The predicted molar refractivity (Wildman–Crippen MR) is 64.6 cm³/mol. The van der Waals surface area contributed by atoms with Crippen molar-refractivity contribution in [3.8, 4) is 0 Å². The third-order valence-electron chi connectivity index (χ3n) is 2.57. The molecule has 17 heavy (non-hydrogen) atoms. The maximum Gasteiger partial charge on any atom is 0.169 e. The minimum atomic E-state index is 0.282. The highest BCUT2D eigenvalue weighted by Gasteiger charge is 2.06. The smallest absolute Gasteiger partial charge is 0.169 e. The molecule has 6 nitrogen and oxygen atoms in total. The molecule has 0 bridgehead atoms. The van der Waals surface area contributed by atoms with Crippen LogP contribution in [0.4, 0.5) is 0 Å². The van der Waals surface area contributed by atoms with Gasteiger partial charge in [0.25, 0.3) is 0 Å². The number of para-hydroxylation sites is 2. The first-order valence-corrected chi connectivity index (χ1v) is 5.43. The van der Waals surface area contributed by atoms with Gasteiger partial charge in [-0.2, -0.15) is 5.10 Å². The van der Waals surface area contributed by atoms with E-state index < -0.39 is 0 Å². The van der Waals surface area contributed by atoms with E-state index in [9.17, 15) is 0 Å². The Hall–Kier alpha value is -2.15. The van der Waals surface area contributed by atoms with Crippen molar-refractivity contribution in [1.29, 1.82) is 0 Å². The molecule has 7 heteroatoms. The Labute approximate surface area is 102 Å². The largest absolute Gasteiger partial charge is 0.738 e. The predicted octanol–water partition coefficient (Wildman–Crippen LogP) is 0.296. The number of hydrogen-bond donors (Lipinski definition) is 1. The highest BCUT2D eigenvalue weighted by atomic mass is 32.1. The van der Waals surface area contributed by atoms with E-state index in [-0.39, 0.29) is 5.16 Å². The van der Waals surface area contributed by atoms with Crippen LogP contribution in [0.15, 0.2) is 35.7 Å². The van der Waals surface area contributed by atoms with Crippen LogP contribution in [0.1, 0.15) is 5.82 Å². The van der Waals surface area contributed by atoms with Crippen LogP contribution in [0.3, 0.4) is 0 Å². The van der Waals surface area contributed by atoms with Crippen LogP contribution in [0.2, 0.25) is 0 Å². The van der Waals surface area contributed by atoms with E-state index in [2.05, 4.69) is 15.2 Å². The van der Waals surface area contributed by atoms with Gasteiger partial charge in [-0.3, -0.25) is 4.68 Å². The van der Waals surface area contributed by atoms with Crippen LogP contribution in [-0.4, -0.2) is 24.4 Å². The van der Waals surface area contributed by atoms with Gasteiger partial charge < -0.3 is 23.0 Å². The highest BCUT2D eigenvalue weighted by Crippen LogP contribution is 2.13.